The van der Waals surface area contributed by atoms with Crippen LogP contribution in [0.4, 0.5) is 0 Å². The van der Waals surface area contributed by atoms with Crippen molar-refractivity contribution in [2.24, 2.45) is 16.3 Å². The molecule has 0 aromatic rings. The van der Waals surface area contributed by atoms with E-state index in [1.54, 1.807) is 0 Å². The molecule has 1 aliphatic carbocycles. The average Bonchev–Trinajstić information content (AvgIpc) is 3.10. The Bertz CT molecular complexity index is 467. The van der Waals surface area contributed by atoms with Gasteiger partial charge in [-0.2, -0.15) is 0 Å². The molecule has 0 radical (unpaired) electrons. The van der Waals surface area contributed by atoms with Crippen LogP contribution in [0.2, 0.25) is 0 Å². The Labute approximate surface area is 159 Å². The lowest BCUT2D eigenvalue weighted by Gasteiger charge is -2.37. The molecule has 0 spiro atoms. The molecule has 2 N–H and O–H groups in total. The number of guanidine groups is 1. The van der Waals surface area contributed by atoms with Crippen LogP contribution in [0.25, 0.3) is 0 Å². The molecule has 2 heterocycles. The number of rotatable bonds is 5. The maximum atomic E-state index is 10.4. The first-order valence-electron chi connectivity index (χ1n) is 10.6. The van der Waals surface area contributed by atoms with E-state index >= 15 is 0 Å². The third-order valence-corrected chi connectivity index (χ3v) is 6.41. The molecule has 1 saturated carbocycles. The molecule has 3 aliphatic rings. The van der Waals surface area contributed by atoms with Crippen molar-refractivity contribution in [3.8, 4) is 0 Å². The fourth-order valence-corrected chi connectivity index (χ4v) is 4.57. The maximum absolute atomic E-state index is 10.4. The van der Waals surface area contributed by atoms with E-state index < -0.39 is 0 Å². The summed E-state index contributed by atoms with van der Waals surface area (Å²) in [6.07, 6.45) is 5.39. The highest BCUT2D eigenvalue weighted by molar-refractivity contribution is 5.80. The number of aliphatic hydroxyl groups is 1. The molecule has 3 rings (SSSR count). The first-order valence-corrected chi connectivity index (χ1v) is 10.6. The van der Waals surface area contributed by atoms with Crippen molar-refractivity contribution in [2.75, 3.05) is 59.0 Å². The Morgan fingerprint density at radius 3 is 2.77 bits per heavy atom. The Morgan fingerprint density at radius 2 is 2.04 bits per heavy atom. The average molecular weight is 367 g/mol. The second kappa shape index (κ2) is 9.38. The molecule has 3 atom stereocenters. The number of likely N-dealkylation sites (tertiary alicyclic amines) is 1. The highest BCUT2D eigenvalue weighted by atomic mass is 16.5. The van der Waals surface area contributed by atoms with Crippen LogP contribution in [-0.4, -0.2) is 86.0 Å². The first kappa shape index (κ1) is 19.9. The molecule has 0 aromatic carbocycles. The van der Waals surface area contributed by atoms with Crippen LogP contribution in [-0.2, 0) is 4.74 Å². The summed E-state index contributed by atoms with van der Waals surface area (Å²) < 4.78 is 5.46. The van der Waals surface area contributed by atoms with Gasteiger partial charge in [0, 0.05) is 44.7 Å². The number of morpholine rings is 1. The number of aliphatic hydroxyl groups excluding tert-OH is 1. The van der Waals surface area contributed by atoms with Crippen molar-refractivity contribution in [3.05, 3.63) is 0 Å². The molecule has 6 heteroatoms. The molecule has 0 bridgehead atoms. The number of hydrogen-bond acceptors (Lipinski definition) is 4. The standard InChI is InChI=1S/C20H38N4O2/c1-3-21-19(22-16-20(2)8-5-4-6-18(20)25)24-9-7-17(15-24)14-23-10-12-26-13-11-23/h17-18,25H,3-16H2,1-2H3,(H,21,22). The van der Waals surface area contributed by atoms with E-state index in [1.807, 2.05) is 0 Å². The van der Waals surface area contributed by atoms with Crippen LogP contribution in [0.3, 0.4) is 0 Å². The van der Waals surface area contributed by atoms with E-state index in [0.717, 1.165) is 77.7 Å². The van der Waals surface area contributed by atoms with Crippen molar-refractivity contribution in [2.45, 2.75) is 52.1 Å². The molecule has 0 aromatic heterocycles. The highest BCUT2D eigenvalue weighted by Crippen LogP contribution is 2.36. The number of hydrogen-bond donors (Lipinski definition) is 2. The molecule has 2 saturated heterocycles. The van der Waals surface area contributed by atoms with Gasteiger partial charge in [-0.1, -0.05) is 19.8 Å². The molecular formula is C20H38N4O2. The van der Waals surface area contributed by atoms with Crippen LogP contribution in [0.5, 0.6) is 0 Å². The van der Waals surface area contributed by atoms with Crippen molar-refractivity contribution >= 4 is 5.96 Å². The van der Waals surface area contributed by atoms with E-state index in [9.17, 15) is 5.11 Å². The van der Waals surface area contributed by atoms with E-state index in [0.29, 0.717) is 5.92 Å². The predicted molar refractivity (Wildman–Crippen MR) is 105 cm³/mol. The Hall–Kier alpha value is -0.850. The van der Waals surface area contributed by atoms with Gasteiger partial charge in [0.2, 0.25) is 0 Å². The SMILES string of the molecule is CCNC(=NCC1(C)CCCCC1O)N1CCC(CN2CCOCC2)C1. The second-order valence-electron chi connectivity index (χ2n) is 8.60. The minimum absolute atomic E-state index is 0.0636. The summed E-state index contributed by atoms with van der Waals surface area (Å²) >= 11 is 0. The van der Waals surface area contributed by atoms with E-state index in [-0.39, 0.29) is 11.5 Å². The summed E-state index contributed by atoms with van der Waals surface area (Å²) in [6, 6.07) is 0. The summed E-state index contributed by atoms with van der Waals surface area (Å²) in [5.74, 6) is 1.75. The number of aliphatic imine (C=N–C) groups is 1. The number of ether oxygens (including phenoxy) is 1. The molecule has 3 fully saturated rings. The van der Waals surface area contributed by atoms with Gasteiger partial charge in [-0.25, -0.2) is 0 Å². The zero-order valence-electron chi connectivity index (χ0n) is 16.8. The topological polar surface area (TPSA) is 60.3 Å². The zero-order valence-corrected chi connectivity index (χ0v) is 16.8. The van der Waals surface area contributed by atoms with E-state index in [4.69, 9.17) is 9.73 Å². The van der Waals surface area contributed by atoms with Gasteiger partial charge in [-0.15, -0.1) is 0 Å². The smallest absolute Gasteiger partial charge is 0.193 e. The Balaban J connectivity index is 1.55. The molecule has 3 unspecified atom stereocenters. The van der Waals surface area contributed by atoms with Gasteiger partial charge in [0.05, 0.1) is 25.9 Å². The number of nitrogens with one attached hydrogen (secondary N) is 1. The minimum atomic E-state index is -0.212. The quantitative estimate of drug-likeness (QED) is 0.571. The van der Waals surface area contributed by atoms with Crippen molar-refractivity contribution < 1.29 is 9.84 Å². The van der Waals surface area contributed by atoms with Gasteiger partial charge in [0.1, 0.15) is 0 Å². The summed E-state index contributed by atoms with van der Waals surface area (Å²) in [4.78, 5) is 9.93. The van der Waals surface area contributed by atoms with Crippen molar-refractivity contribution in [1.29, 1.82) is 0 Å². The third-order valence-electron chi connectivity index (χ3n) is 6.41. The fourth-order valence-electron chi connectivity index (χ4n) is 4.57. The maximum Gasteiger partial charge on any atom is 0.193 e. The summed E-state index contributed by atoms with van der Waals surface area (Å²) in [6.45, 7) is 13.2. The molecule has 150 valence electrons. The van der Waals surface area contributed by atoms with Crippen molar-refractivity contribution in [1.82, 2.24) is 15.1 Å². The van der Waals surface area contributed by atoms with E-state index in [1.165, 1.54) is 19.4 Å². The van der Waals surface area contributed by atoms with Crippen LogP contribution in [0.15, 0.2) is 4.99 Å². The van der Waals surface area contributed by atoms with Gasteiger partial charge in [0.25, 0.3) is 0 Å². The predicted octanol–water partition coefficient (Wildman–Crippen LogP) is 1.55. The van der Waals surface area contributed by atoms with E-state index in [2.05, 4.69) is 29.0 Å². The lowest BCUT2D eigenvalue weighted by Crippen LogP contribution is -2.44. The monoisotopic (exact) mass is 366 g/mol. The highest BCUT2D eigenvalue weighted by Gasteiger charge is 2.35. The normalized spacial score (nSPS) is 34.3. The Morgan fingerprint density at radius 1 is 1.23 bits per heavy atom. The molecule has 6 nitrogen and oxygen atoms in total. The van der Waals surface area contributed by atoms with Crippen molar-refractivity contribution in [3.63, 3.8) is 0 Å². The van der Waals surface area contributed by atoms with Gasteiger partial charge in [-0.05, 0) is 32.1 Å². The van der Waals surface area contributed by atoms with Crippen LogP contribution in [0, 0.1) is 11.3 Å². The van der Waals surface area contributed by atoms with Gasteiger partial charge < -0.3 is 20.1 Å². The first-order chi connectivity index (χ1) is 12.6. The molecule has 0 amide bonds. The summed E-state index contributed by atoms with van der Waals surface area (Å²) in [5.41, 5.74) is -0.0636. The number of nitrogens with zero attached hydrogens (tertiary/aromatic N) is 3. The Kier molecular flexibility index (Phi) is 7.18. The molecule has 26 heavy (non-hydrogen) atoms. The van der Waals surface area contributed by atoms with Crippen LogP contribution < -0.4 is 5.32 Å². The second-order valence-corrected chi connectivity index (χ2v) is 8.60. The lowest BCUT2D eigenvalue weighted by atomic mass is 9.73. The van der Waals surface area contributed by atoms with Crippen LogP contribution >= 0.6 is 0 Å². The van der Waals surface area contributed by atoms with Gasteiger partial charge in [0.15, 0.2) is 5.96 Å². The summed E-state index contributed by atoms with van der Waals surface area (Å²) in [5, 5.41) is 13.9. The van der Waals surface area contributed by atoms with Gasteiger partial charge >= 0.3 is 0 Å². The molecule has 2 aliphatic heterocycles. The van der Waals surface area contributed by atoms with Gasteiger partial charge in [-0.3, -0.25) is 9.89 Å². The summed E-state index contributed by atoms with van der Waals surface area (Å²) in [7, 11) is 0. The third kappa shape index (κ3) is 5.11. The van der Waals surface area contributed by atoms with Crippen LogP contribution in [0.1, 0.15) is 46.0 Å². The zero-order chi connectivity index (χ0) is 18.4. The fraction of sp³-hybridized carbons (Fsp3) is 0.950. The minimum Gasteiger partial charge on any atom is -0.392 e. The largest absolute Gasteiger partial charge is 0.392 e. The lowest BCUT2D eigenvalue weighted by molar-refractivity contribution is 0.00704. The molecular weight excluding hydrogens is 328 g/mol.